The topological polar surface area (TPSA) is 106 Å². The van der Waals surface area contributed by atoms with Crippen molar-refractivity contribution in [2.75, 3.05) is 25.5 Å². The summed E-state index contributed by atoms with van der Waals surface area (Å²) in [5.74, 6) is 0.807. The van der Waals surface area contributed by atoms with Gasteiger partial charge in [-0.25, -0.2) is 13.4 Å². The normalized spacial score (nSPS) is 11.8. The molecule has 2 heterocycles. The molecule has 4 rings (SSSR count). The first-order valence-electron chi connectivity index (χ1n) is 11.7. The van der Waals surface area contributed by atoms with Crippen molar-refractivity contribution >= 4 is 43.3 Å². The van der Waals surface area contributed by atoms with E-state index >= 15 is 0 Å². The Labute approximate surface area is 214 Å². The second-order valence-electron chi connectivity index (χ2n) is 8.30. The van der Waals surface area contributed by atoms with E-state index in [1.807, 2.05) is 39.0 Å². The van der Waals surface area contributed by atoms with Crippen LogP contribution in [0.3, 0.4) is 0 Å². The number of nitrogens with zero attached hydrogens (tertiary/aromatic N) is 4. The number of carbonyl (C=O) groups excluding carboxylic acids is 1. The van der Waals surface area contributed by atoms with E-state index in [2.05, 4.69) is 15.4 Å². The van der Waals surface area contributed by atoms with Crippen molar-refractivity contribution in [2.45, 2.75) is 38.5 Å². The van der Waals surface area contributed by atoms with Crippen LogP contribution in [0.25, 0.3) is 15.3 Å². The number of aromatic nitrogens is 3. The van der Waals surface area contributed by atoms with Crippen molar-refractivity contribution in [1.29, 1.82) is 0 Å². The number of hydrogen-bond donors (Lipinski definition) is 1. The van der Waals surface area contributed by atoms with Crippen LogP contribution in [0.15, 0.2) is 53.4 Å². The minimum atomic E-state index is -3.61. The number of rotatable bonds is 10. The maximum Gasteiger partial charge on any atom is 0.256 e. The molecular weight excluding hydrogens is 498 g/mol. The maximum absolute atomic E-state index is 13.0. The second kappa shape index (κ2) is 10.8. The molecule has 0 unspecified atom stereocenters. The first-order valence-corrected chi connectivity index (χ1v) is 14.0. The fourth-order valence-corrected chi connectivity index (χ4v) is 6.35. The molecule has 0 fully saturated rings. The molecule has 36 heavy (non-hydrogen) atoms. The first-order chi connectivity index (χ1) is 17.3. The average molecular weight is 528 g/mol. The number of nitrogens with one attached hydrogen (secondary N) is 1. The second-order valence-corrected chi connectivity index (χ2v) is 11.2. The summed E-state index contributed by atoms with van der Waals surface area (Å²) in [5.41, 5.74) is 1.83. The zero-order valence-electron chi connectivity index (χ0n) is 20.7. The van der Waals surface area contributed by atoms with E-state index in [1.54, 1.807) is 17.9 Å². The Balaban J connectivity index is 1.57. The Morgan fingerprint density at radius 1 is 1.08 bits per heavy atom. The van der Waals surface area contributed by atoms with E-state index in [0.29, 0.717) is 35.4 Å². The molecule has 0 bridgehead atoms. The lowest BCUT2D eigenvalue weighted by Gasteiger charge is -2.21. The molecule has 0 aliphatic heterocycles. The van der Waals surface area contributed by atoms with Gasteiger partial charge in [0.1, 0.15) is 11.6 Å². The number of fused-ring (bicyclic) bond motifs is 1. The summed E-state index contributed by atoms with van der Waals surface area (Å²) in [4.78, 5) is 17.8. The zero-order chi connectivity index (χ0) is 25.9. The zero-order valence-corrected chi connectivity index (χ0v) is 22.3. The van der Waals surface area contributed by atoms with Crippen molar-refractivity contribution in [3.05, 3.63) is 59.8 Å². The minimum Gasteiger partial charge on any atom is -0.497 e. The number of ether oxygens (including phenoxy) is 1. The highest BCUT2D eigenvalue weighted by Crippen LogP contribution is 2.30. The van der Waals surface area contributed by atoms with Crippen LogP contribution in [0.4, 0.5) is 5.82 Å². The Morgan fingerprint density at radius 3 is 2.42 bits per heavy atom. The number of carbonyl (C=O) groups is 1. The Morgan fingerprint density at radius 2 is 1.78 bits per heavy atom. The molecule has 0 saturated carbocycles. The van der Waals surface area contributed by atoms with Gasteiger partial charge in [0.25, 0.3) is 5.91 Å². The van der Waals surface area contributed by atoms with E-state index in [-0.39, 0.29) is 10.8 Å². The minimum absolute atomic E-state index is 0.173. The van der Waals surface area contributed by atoms with Gasteiger partial charge >= 0.3 is 0 Å². The Kier molecular flexibility index (Phi) is 7.72. The van der Waals surface area contributed by atoms with E-state index in [4.69, 9.17) is 4.74 Å². The van der Waals surface area contributed by atoms with E-state index in [1.165, 1.54) is 39.9 Å². The van der Waals surface area contributed by atoms with Crippen molar-refractivity contribution < 1.29 is 17.9 Å². The maximum atomic E-state index is 13.0. The molecule has 0 aliphatic rings. The third-order valence-electron chi connectivity index (χ3n) is 5.54. The molecule has 0 aliphatic carbocycles. The smallest absolute Gasteiger partial charge is 0.256 e. The van der Waals surface area contributed by atoms with Gasteiger partial charge < -0.3 is 10.1 Å². The third-order valence-corrected chi connectivity index (χ3v) is 8.46. The third kappa shape index (κ3) is 5.28. The molecule has 0 atom stereocenters. The predicted octanol–water partition coefficient (Wildman–Crippen LogP) is 4.86. The van der Waals surface area contributed by atoms with E-state index in [0.717, 1.165) is 28.8 Å². The molecule has 0 radical (unpaired) electrons. The summed E-state index contributed by atoms with van der Waals surface area (Å²) in [6.07, 6.45) is 1.46. The lowest BCUT2D eigenvalue weighted by molar-refractivity contribution is 0.102. The van der Waals surface area contributed by atoms with Gasteiger partial charge in [0.05, 0.1) is 27.9 Å². The van der Waals surface area contributed by atoms with Crippen LogP contribution < -0.4 is 10.1 Å². The van der Waals surface area contributed by atoms with Crippen LogP contribution in [0.5, 0.6) is 5.75 Å². The molecule has 9 nitrogen and oxygen atoms in total. The molecule has 0 spiro atoms. The van der Waals surface area contributed by atoms with E-state index < -0.39 is 10.0 Å². The summed E-state index contributed by atoms with van der Waals surface area (Å²) in [6, 6.07) is 13.4. The van der Waals surface area contributed by atoms with Crippen LogP contribution in [0.2, 0.25) is 0 Å². The Hall–Kier alpha value is -3.28. The molecule has 11 heteroatoms. The van der Waals surface area contributed by atoms with Crippen molar-refractivity contribution in [2.24, 2.45) is 0 Å². The Bertz CT molecular complexity index is 1470. The van der Waals surface area contributed by atoms with Gasteiger partial charge in [-0.1, -0.05) is 25.2 Å². The van der Waals surface area contributed by atoms with Gasteiger partial charge in [-0.15, -0.1) is 0 Å². The quantitative estimate of drug-likeness (QED) is 0.316. The molecule has 2 aromatic heterocycles. The number of amides is 1. The molecule has 1 amide bonds. The van der Waals surface area contributed by atoms with Crippen LogP contribution >= 0.6 is 11.3 Å². The molecule has 0 saturated heterocycles. The summed E-state index contributed by atoms with van der Waals surface area (Å²) >= 11 is 1.45. The summed E-state index contributed by atoms with van der Waals surface area (Å²) < 4.78 is 35.3. The van der Waals surface area contributed by atoms with Gasteiger partial charge in [-0.05, 0) is 56.2 Å². The van der Waals surface area contributed by atoms with Gasteiger partial charge in [0, 0.05) is 30.8 Å². The van der Waals surface area contributed by atoms with Crippen molar-refractivity contribution in [1.82, 2.24) is 19.1 Å². The van der Waals surface area contributed by atoms with Gasteiger partial charge in [0.15, 0.2) is 0 Å². The van der Waals surface area contributed by atoms with Crippen molar-refractivity contribution in [3.8, 4) is 10.9 Å². The molecule has 1 N–H and O–H groups in total. The number of methoxy groups -OCH3 is 1. The van der Waals surface area contributed by atoms with Gasteiger partial charge in [0.2, 0.25) is 15.2 Å². The lowest BCUT2D eigenvalue weighted by Crippen LogP contribution is -2.32. The van der Waals surface area contributed by atoms with E-state index in [9.17, 15) is 13.2 Å². The van der Waals surface area contributed by atoms with Gasteiger partial charge in [-0.2, -0.15) is 14.1 Å². The highest BCUT2D eigenvalue weighted by Gasteiger charge is 2.23. The standard InChI is InChI=1S/C25H29N5O4S2/c1-5-13-29(14-6-2)36(32,33)20-10-7-18(8-11-20)24(31)27-23-15-17(3)28-30(23)25-26-21-16-19(34-4)9-12-22(21)35-25/h7-12,15-16H,5-6,13-14H2,1-4H3,(H,27,31). The number of aryl methyl sites for hydroxylation is 1. The summed E-state index contributed by atoms with van der Waals surface area (Å²) in [7, 11) is -2.01. The monoisotopic (exact) mass is 527 g/mol. The SMILES string of the molecule is CCCN(CCC)S(=O)(=O)c1ccc(C(=O)Nc2cc(C)nn2-c2nc3cc(OC)ccc3s2)cc1. The molecular formula is C25H29N5O4S2. The van der Waals surface area contributed by atoms with Crippen LogP contribution in [-0.4, -0.2) is 53.6 Å². The lowest BCUT2D eigenvalue weighted by atomic mass is 10.2. The van der Waals surface area contributed by atoms with Crippen LogP contribution in [0.1, 0.15) is 42.7 Å². The van der Waals surface area contributed by atoms with Gasteiger partial charge in [-0.3, -0.25) is 4.79 Å². The first kappa shape index (κ1) is 25.8. The highest BCUT2D eigenvalue weighted by atomic mass is 32.2. The number of anilines is 1. The largest absolute Gasteiger partial charge is 0.497 e. The molecule has 2 aromatic carbocycles. The average Bonchev–Trinajstić information content (AvgIpc) is 3.46. The summed E-state index contributed by atoms with van der Waals surface area (Å²) in [5, 5.41) is 7.98. The predicted molar refractivity (Wildman–Crippen MR) is 142 cm³/mol. The number of benzene rings is 2. The highest BCUT2D eigenvalue weighted by molar-refractivity contribution is 7.89. The fourth-order valence-electron chi connectivity index (χ4n) is 3.81. The molecule has 4 aromatic rings. The number of sulfonamides is 1. The molecule has 190 valence electrons. The van der Waals surface area contributed by atoms with Crippen molar-refractivity contribution in [3.63, 3.8) is 0 Å². The summed E-state index contributed by atoms with van der Waals surface area (Å²) in [6.45, 7) is 6.65. The van der Waals surface area contributed by atoms with Crippen LogP contribution in [0, 0.1) is 6.92 Å². The number of hydrogen-bond acceptors (Lipinski definition) is 7. The number of thiazole rings is 1. The fraction of sp³-hybridized carbons (Fsp3) is 0.320. The van der Waals surface area contributed by atoms with Crippen LogP contribution in [-0.2, 0) is 10.0 Å².